The number of likely N-dealkylation sites (tertiary alicyclic amines) is 1. The number of aromatic nitrogens is 2. The fraction of sp³-hybridized carbons (Fsp3) is 0.367. The van der Waals surface area contributed by atoms with Gasteiger partial charge in [-0.05, 0) is 67.6 Å². The number of amides is 3. The van der Waals surface area contributed by atoms with E-state index in [-0.39, 0.29) is 22.9 Å². The van der Waals surface area contributed by atoms with Crippen LogP contribution in [0.1, 0.15) is 57.8 Å². The van der Waals surface area contributed by atoms with E-state index in [1.807, 2.05) is 17.0 Å². The lowest BCUT2D eigenvalue weighted by atomic mass is 9.94. The molecule has 0 spiro atoms. The molecule has 1 aliphatic carbocycles. The molecule has 3 amide bonds. The van der Waals surface area contributed by atoms with Gasteiger partial charge in [0.15, 0.2) is 5.69 Å². The number of carbonyl (C=O) groups excluding carboxylic acids is 3. The maximum absolute atomic E-state index is 13.8. The average Bonchev–Trinajstić information content (AvgIpc) is 3.50. The summed E-state index contributed by atoms with van der Waals surface area (Å²) in [6.07, 6.45) is -0.882. The Hall–Kier alpha value is -4.88. The summed E-state index contributed by atoms with van der Waals surface area (Å²) in [7, 11) is 1.58. The molecule has 0 atom stereocenters. The molecule has 3 N–H and O–H groups in total. The van der Waals surface area contributed by atoms with Gasteiger partial charge >= 0.3 is 12.1 Å². The molecule has 1 aromatic heterocycles. The second kappa shape index (κ2) is 11.7. The van der Waals surface area contributed by atoms with Crippen molar-refractivity contribution in [2.24, 2.45) is 5.73 Å². The number of nitrogens with two attached hydrogens (primary N) is 1. The number of methoxy groups -OCH3 is 1. The fourth-order valence-corrected chi connectivity index (χ4v) is 5.63. The number of ether oxygens (including phenoxy) is 1. The summed E-state index contributed by atoms with van der Waals surface area (Å²) < 4.78 is 38.5. The summed E-state index contributed by atoms with van der Waals surface area (Å²) in [5.74, 6) is -2.71. The molecule has 2 aliphatic heterocycles. The molecule has 44 heavy (non-hydrogen) atoms. The lowest BCUT2D eigenvalue weighted by Gasteiger charge is -2.29. The van der Waals surface area contributed by atoms with Crippen LogP contribution in [-0.2, 0) is 21.4 Å². The van der Waals surface area contributed by atoms with Crippen molar-refractivity contribution in [3.05, 3.63) is 71.0 Å². The number of hydrogen-bond donors (Lipinski definition) is 2. The number of primary amides is 1. The lowest BCUT2D eigenvalue weighted by molar-refractivity contribution is -0.192. The number of benzene rings is 2. The van der Waals surface area contributed by atoms with Gasteiger partial charge in [-0.25, -0.2) is 9.48 Å². The van der Waals surface area contributed by atoms with Crippen molar-refractivity contribution in [2.45, 2.75) is 43.7 Å². The predicted molar refractivity (Wildman–Crippen MR) is 151 cm³/mol. The van der Waals surface area contributed by atoms with Crippen LogP contribution in [0.3, 0.4) is 0 Å². The van der Waals surface area contributed by atoms with Crippen LogP contribution in [0.5, 0.6) is 5.75 Å². The zero-order valence-corrected chi connectivity index (χ0v) is 23.8. The number of rotatable bonds is 7. The van der Waals surface area contributed by atoms with Gasteiger partial charge in [0.2, 0.25) is 5.91 Å². The molecule has 3 heterocycles. The van der Waals surface area contributed by atoms with Gasteiger partial charge in [0.05, 0.1) is 12.8 Å². The standard InChI is InChI=1S/C28H29N5O4.C2HF3O2/c1-37-21-10-8-20(9-11-21)33-25-22(24(30-33)26(29)35)12-16-32(27(25)36)19-6-4-18(5-7-19)28(13-14-28)17-31-15-2-3-23(31)34;3-2(4,5)1(6)7/h4-11H,2-3,12-17H2,1H3,(H2,29,35);(H,6,7). The first-order chi connectivity index (χ1) is 20.8. The number of halogens is 3. The average molecular weight is 614 g/mol. The highest BCUT2D eigenvalue weighted by atomic mass is 19.4. The Bertz CT molecular complexity index is 1600. The first-order valence-corrected chi connectivity index (χ1v) is 13.9. The smallest absolute Gasteiger partial charge is 0.490 e. The van der Waals surface area contributed by atoms with E-state index in [0.717, 1.165) is 38.0 Å². The van der Waals surface area contributed by atoms with Gasteiger partial charge in [0.1, 0.15) is 11.4 Å². The third-order valence-corrected chi connectivity index (χ3v) is 8.12. The number of anilines is 1. The monoisotopic (exact) mass is 613 g/mol. The van der Waals surface area contributed by atoms with E-state index in [1.165, 1.54) is 10.2 Å². The maximum Gasteiger partial charge on any atom is 0.490 e. The van der Waals surface area contributed by atoms with Gasteiger partial charge in [0.25, 0.3) is 11.8 Å². The predicted octanol–water partition coefficient (Wildman–Crippen LogP) is 3.47. The number of hydrogen-bond acceptors (Lipinski definition) is 6. The van der Waals surface area contributed by atoms with Gasteiger partial charge in [-0.2, -0.15) is 18.3 Å². The molecule has 0 radical (unpaired) electrons. The summed E-state index contributed by atoms with van der Waals surface area (Å²) >= 11 is 0. The minimum absolute atomic E-state index is 0.0288. The van der Waals surface area contributed by atoms with Crippen LogP contribution in [0, 0.1) is 0 Å². The highest BCUT2D eigenvalue weighted by Gasteiger charge is 2.47. The summed E-state index contributed by atoms with van der Waals surface area (Å²) in [5.41, 5.74) is 9.33. The third-order valence-electron chi connectivity index (χ3n) is 8.12. The van der Waals surface area contributed by atoms with Crippen LogP contribution in [-0.4, -0.2) is 76.4 Å². The maximum atomic E-state index is 13.8. The van der Waals surface area contributed by atoms with Gasteiger partial charge in [-0.15, -0.1) is 0 Å². The minimum Gasteiger partial charge on any atom is -0.497 e. The van der Waals surface area contributed by atoms with Crippen molar-refractivity contribution in [1.29, 1.82) is 0 Å². The van der Waals surface area contributed by atoms with Crippen molar-refractivity contribution in [2.75, 3.05) is 31.6 Å². The molecule has 11 nitrogen and oxygen atoms in total. The molecule has 2 aromatic carbocycles. The lowest BCUT2D eigenvalue weighted by Crippen LogP contribution is -2.39. The van der Waals surface area contributed by atoms with Gasteiger partial charge in [0, 0.05) is 42.7 Å². The van der Waals surface area contributed by atoms with Crippen molar-refractivity contribution < 1.29 is 42.2 Å². The van der Waals surface area contributed by atoms with Crippen molar-refractivity contribution in [1.82, 2.24) is 14.7 Å². The molecule has 6 rings (SSSR count). The SMILES string of the molecule is COc1ccc(-n2nc(C(N)=O)c3c2C(=O)N(c2ccc(C4(CN5CCCC5=O)CC4)cc2)CC3)cc1.O=C(O)C(F)(F)F. The Morgan fingerprint density at radius 3 is 2.11 bits per heavy atom. The summed E-state index contributed by atoms with van der Waals surface area (Å²) in [4.78, 5) is 50.7. The van der Waals surface area contributed by atoms with Crippen molar-refractivity contribution >= 4 is 29.4 Å². The Labute approximate surface area is 250 Å². The van der Waals surface area contributed by atoms with Crippen molar-refractivity contribution in [3.63, 3.8) is 0 Å². The van der Waals surface area contributed by atoms with E-state index < -0.39 is 18.1 Å². The molecule has 232 valence electrons. The van der Waals surface area contributed by atoms with E-state index in [4.69, 9.17) is 20.4 Å². The number of carboxylic acid groups (broad SMARTS) is 1. The molecule has 3 aromatic rings. The van der Waals surface area contributed by atoms with E-state index >= 15 is 0 Å². The largest absolute Gasteiger partial charge is 0.497 e. The second-order valence-corrected chi connectivity index (χ2v) is 10.9. The highest BCUT2D eigenvalue weighted by molar-refractivity contribution is 6.09. The fourth-order valence-electron chi connectivity index (χ4n) is 5.63. The van der Waals surface area contributed by atoms with Crippen LogP contribution < -0.4 is 15.4 Å². The Morgan fingerprint density at radius 2 is 1.61 bits per heavy atom. The third kappa shape index (κ3) is 5.96. The summed E-state index contributed by atoms with van der Waals surface area (Å²) in [5, 5.41) is 11.6. The zero-order chi connectivity index (χ0) is 31.8. The van der Waals surface area contributed by atoms with E-state index in [2.05, 4.69) is 17.2 Å². The normalized spacial score (nSPS) is 17.1. The molecule has 2 fully saturated rings. The molecule has 0 unspecified atom stereocenters. The first kappa shape index (κ1) is 30.6. The number of fused-ring (bicyclic) bond motifs is 1. The molecule has 14 heteroatoms. The van der Waals surface area contributed by atoms with Crippen LogP contribution in [0.25, 0.3) is 5.69 Å². The van der Waals surface area contributed by atoms with Crippen LogP contribution in [0.2, 0.25) is 0 Å². The number of alkyl halides is 3. The Balaban J connectivity index is 0.000000493. The van der Waals surface area contributed by atoms with Gasteiger partial charge < -0.3 is 25.4 Å². The Morgan fingerprint density at radius 1 is 1.00 bits per heavy atom. The molecular weight excluding hydrogens is 583 g/mol. The van der Waals surface area contributed by atoms with Gasteiger partial charge in [-0.1, -0.05) is 12.1 Å². The number of carbonyl (C=O) groups is 4. The van der Waals surface area contributed by atoms with Crippen LogP contribution in [0.4, 0.5) is 18.9 Å². The quantitative estimate of drug-likeness (QED) is 0.415. The molecule has 1 saturated heterocycles. The molecule has 3 aliphatic rings. The molecular formula is C30H30F3N5O6. The van der Waals surface area contributed by atoms with E-state index in [1.54, 1.807) is 36.3 Å². The van der Waals surface area contributed by atoms with Crippen molar-refractivity contribution in [3.8, 4) is 11.4 Å². The topological polar surface area (TPSA) is 148 Å². The highest BCUT2D eigenvalue weighted by Crippen LogP contribution is 2.49. The zero-order valence-electron chi connectivity index (χ0n) is 23.8. The number of aliphatic carboxylic acids is 1. The summed E-state index contributed by atoms with van der Waals surface area (Å²) in [6, 6.07) is 15.3. The first-order valence-electron chi connectivity index (χ1n) is 13.9. The second-order valence-electron chi connectivity index (χ2n) is 10.9. The van der Waals surface area contributed by atoms with Crippen LogP contribution in [0.15, 0.2) is 48.5 Å². The summed E-state index contributed by atoms with van der Waals surface area (Å²) in [6.45, 7) is 2.04. The van der Waals surface area contributed by atoms with E-state index in [0.29, 0.717) is 42.1 Å². The van der Waals surface area contributed by atoms with E-state index in [9.17, 15) is 27.6 Å². The molecule has 1 saturated carbocycles. The minimum atomic E-state index is -5.08. The number of carboxylic acids is 1. The Kier molecular flexibility index (Phi) is 8.10. The number of nitrogens with zero attached hydrogens (tertiary/aromatic N) is 4. The van der Waals surface area contributed by atoms with Crippen LogP contribution >= 0.6 is 0 Å². The van der Waals surface area contributed by atoms with Gasteiger partial charge in [-0.3, -0.25) is 14.4 Å². The molecule has 0 bridgehead atoms.